The molecular formula is C18H19Br2O3P. The van der Waals surface area contributed by atoms with Gasteiger partial charge in [-0.1, -0.05) is 13.3 Å². The van der Waals surface area contributed by atoms with Crippen LogP contribution >= 0.6 is 39.0 Å². The van der Waals surface area contributed by atoms with Gasteiger partial charge in [-0.2, -0.15) is 0 Å². The topological polar surface area (TPSA) is 35.5 Å². The van der Waals surface area contributed by atoms with E-state index in [-0.39, 0.29) is 0 Å². The summed E-state index contributed by atoms with van der Waals surface area (Å²) in [5, 5.41) is 1.83. The molecule has 0 aromatic heterocycles. The summed E-state index contributed by atoms with van der Waals surface area (Å²) < 4.78 is 26.5. The highest BCUT2D eigenvalue weighted by atomic mass is 79.9. The first-order chi connectivity index (χ1) is 11.5. The predicted molar refractivity (Wildman–Crippen MR) is 107 cm³/mol. The Kier molecular flexibility index (Phi) is 5.15. The van der Waals surface area contributed by atoms with Crippen molar-refractivity contribution >= 4 is 49.6 Å². The minimum atomic E-state index is -2.65. The molecule has 2 aromatic carbocycles. The number of hydrogen-bond acceptors (Lipinski definition) is 3. The molecule has 0 N–H and O–H groups in total. The van der Waals surface area contributed by atoms with Crippen LogP contribution in [-0.2, 0) is 4.57 Å². The van der Waals surface area contributed by atoms with Gasteiger partial charge in [0.2, 0.25) is 0 Å². The predicted octanol–water partition coefficient (Wildman–Crippen LogP) is 5.32. The highest BCUT2D eigenvalue weighted by Crippen LogP contribution is 2.56. The van der Waals surface area contributed by atoms with Gasteiger partial charge in [0, 0.05) is 16.8 Å². The number of rotatable bonds is 5. The maximum absolute atomic E-state index is 14.0. The molecule has 0 amide bonds. The van der Waals surface area contributed by atoms with Crippen LogP contribution in [0.25, 0.3) is 11.1 Å². The molecule has 128 valence electrons. The van der Waals surface area contributed by atoms with Crippen LogP contribution < -0.4 is 20.1 Å². The van der Waals surface area contributed by atoms with E-state index in [1.165, 1.54) is 0 Å². The van der Waals surface area contributed by atoms with Crippen molar-refractivity contribution in [2.45, 2.75) is 19.8 Å². The van der Waals surface area contributed by atoms with E-state index in [0.717, 1.165) is 55.0 Å². The van der Waals surface area contributed by atoms with Gasteiger partial charge in [-0.3, -0.25) is 0 Å². The summed E-state index contributed by atoms with van der Waals surface area (Å²) in [5.74, 6) is 1.48. The van der Waals surface area contributed by atoms with Crippen molar-refractivity contribution in [2.75, 3.05) is 20.4 Å². The Morgan fingerprint density at radius 2 is 1.38 bits per heavy atom. The van der Waals surface area contributed by atoms with Gasteiger partial charge in [-0.15, -0.1) is 0 Å². The second-order valence-electron chi connectivity index (χ2n) is 5.82. The molecule has 24 heavy (non-hydrogen) atoms. The molecule has 2 aromatic rings. The SMILES string of the molecule is CCCCP1(=O)c2cc(Br)c(OC)cc2-c2cc(OC)c(Br)cc21. The third kappa shape index (κ3) is 2.75. The summed E-state index contributed by atoms with van der Waals surface area (Å²) in [7, 11) is 0.628. The van der Waals surface area contributed by atoms with Gasteiger partial charge in [0.05, 0.1) is 23.2 Å². The number of methoxy groups -OCH3 is 2. The highest BCUT2D eigenvalue weighted by molar-refractivity contribution is 9.11. The molecule has 3 rings (SSSR count). The zero-order valence-electron chi connectivity index (χ0n) is 13.9. The first-order valence-corrected chi connectivity index (χ1v) is 11.3. The van der Waals surface area contributed by atoms with E-state index >= 15 is 0 Å². The van der Waals surface area contributed by atoms with Crippen molar-refractivity contribution in [3.8, 4) is 22.6 Å². The van der Waals surface area contributed by atoms with Crippen molar-refractivity contribution in [2.24, 2.45) is 0 Å². The molecule has 0 unspecified atom stereocenters. The van der Waals surface area contributed by atoms with Gasteiger partial charge in [-0.25, -0.2) is 0 Å². The van der Waals surface area contributed by atoms with E-state index in [4.69, 9.17) is 9.47 Å². The van der Waals surface area contributed by atoms with Crippen molar-refractivity contribution in [1.29, 1.82) is 0 Å². The molecule has 1 heterocycles. The first-order valence-electron chi connectivity index (χ1n) is 7.82. The minimum absolute atomic E-state index is 0.682. The fourth-order valence-corrected chi connectivity index (χ4v) is 7.87. The van der Waals surface area contributed by atoms with Gasteiger partial charge in [0.1, 0.15) is 18.6 Å². The molecule has 0 saturated carbocycles. The van der Waals surface area contributed by atoms with Gasteiger partial charge in [0.15, 0.2) is 0 Å². The van der Waals surface area contributed by atoms with Crippen LogP contribution in [0, 0.1) is 0 Å². The minimum Gasteiger partial charge on any atom is -0.496 e. The third-order valence-corrected chi connectivity index (χ3v) is 8.92. The normalized spacial score (nSPS) is 14.2. The van der Waals surface area contributed by atoms with Crippen LogP contribution in [0.15, 0.2) is 33.2 Å². The molecule has 0 radical (unpaired) electrons. The van der Waals surface area contributed by atoms with Crippen LogP contribution in [0.5, 0.6) is 11.5 Å². The first kappa shape index (κ1) is 18.0. The van der Waals surface area contributed by atoms with Crippen molar-refractivity contribution in [3.63, 3.8) is 0 Å². The number of hydrogen-bond donors (Lipinski definition) is 0. The average molecular weight is 474 g/mol. The van der Waals surface area contributed by atoms with Crippen LogP contribution in [0.1, 0.15) is 19.8 Å². The average Bonchev–Trinajstić information content (AvgIpc) is 2.80. The number of fused-ring (bicyclic) bond motifs is 3. The smallest absolute Gasteiger partial charge is 0.144 e. The maximum atomic E-state index is 14.0. The van der Waals surface area contributed by atoms with Crippen LogP contribution in [-0.4, -0.2) is 20.4 Å². The van der Waals surface area contributed by atoms with E-state index in [0.29, 0.717) is 6.16 Å². The summed E-state index contributed by atoms with van der Waals surface area (Å²) in [6.45, 7) is 2.12. The Hall–Kier alpha value is -0.770. The Balaban J connectivity index is 2.31. The van der Waals surface area contributed by atoms with E-state index in [9.17, 15) is 4.57 Å². The summed E-state index contributed by atoms with van der Waals surface area (Å²) in [6, 6.07) is 7.87. The summed E-state index contributed by atoms with van der Waals surface area (Å²) in [4.78, 5) is 0. The van der Waals surface area contributed by atoms with Gasteiger partial charge >= 0.3 is 0 Å². The number of unbranched alkanes of at least 4 members (excludes halogenated alkanes) is 1. The molecule has 1 aliphatic rings. The zero-order chi connectivity index (χ0) is 17.5. The van der Waals surface area contributed by atoms with Crippen molar-refractivity contribution in [1.82, 2.24) is 0 Å². The van der Waals surface area contributed by atoms with Gasteiger partial charge in [-0.05, 0) is 73.7 Å². The molecule has 0 aliphatic carbocycles. The summed E-state index contributed by atoms with van der Waals surface area (Å²) in [6.07, 6.45) is 2.63. The van der Waals surface area contributed by atoms with E-state index in [2.05, 4.69) is 38.8 Å². The Labute approximate surface area is 159 Å². The lowest BCUT2D eigenvalue weighted by atomic mass is 10.1. The highest BCUT2D eigenvalue weighted by Gasteiger charge is 2.39. The van der Waals surface area contributed by atoms with Gasteiger partial charge in [0.25, 0.3) is 0 Å². The van der Waals surface area contributed by atoms with Crippen molar-refractivity contribution < 1.29 is 14.0 Å². The number of ether oxygens (including phenoxy) is 2. The zero-order valence-corrected chi connectivity index (χ0v) is 17.9. The second-order valence-corrected chi connectivity index (χ2v) is 10.4. The number of halogens is 2. The molecule has 1 aliphatic heterocycles. The summed E-state index contributed by atoms with van der Waals surface area (Å²) >= 11 is 7.07. The lowest BCUT2D eigenvalue weighted by Gasteiger charge is -2.16. The lowest BCUT2D eigenvalue weighted by Crippen LogP contribution is -2.13. The molecule has 6 heteroatoms. The van der Waals surface area contributed by atoms with Crippen molar-refractivity contribution in [3.05, 3.63) is 33.2 Å². The van der Waals surface area contributed by atoms with E-state index < -0.39 is 7.14 Å². The second kappa shape index (κ2) is 6.86. The maximum Gasteiger partial charge on any atom is 0.144 e. The lowest BCUT2D eigenvalue weighted by molar-refractivity contribution is 0.412. The fraction of sp³-hybridized carbons (Fsp3) is 0.333. The molecule has 0 spiro atoms. The quantitative estimate of drug-likeness (QED) is 0.551. The van der Waals surface area contributed by atoms with Crippen LogP contribution in [0.2, 0.25) is 0 Å². The molecule has 3 nitrogen and oxygen atoms in total. The standard InChI is InChI=1S/C18H19Br2O3P/c1-4-5-6-24(21)17-9-13(19)15(22-2)7-11(17)12-8-16(23-3)14(20)10-18(12)24/h7-10H,4-6H2,1-3H3. The molecule has 0 saturated heterocycles. The number of benzene rings is 2. The monoisotopic (exact) mass is 472 g/mol. The van der Waals surface area contributed by atoms with Crippen LogP contribution in [0.3, 0.4) is 0 Å². The van der Waals surface area contributed by atoms with E-state index in [1.54, 1.807) is 14.2 Å². The Morgan fingerprint density at radius 3 is 1.75 bits per heavy atom. The molecule has 0 fully saturated rings. The third-order valence-electron chi connectivity index (χ3n) is 4.44. The fourth-order valence-electron chi connectivity index (χ4n) is 3.18. The molecule has 0 bridgehead atoms. The Morgan fingerprint density at radius 1 is 0.917 bits per heavy atom. The van der Waals surface area contributed by atoms with Crippen LogP contribution in [0.4, 0.5) is 0 Å². The van der Waals surface area contributed by atoms with E-state index in [1.807, 2.05) is 24.3 Å². The largest absolute Gasteiger partial charge is 0.496 e. The van der Waals surface area contributed by atoms with Gasteiger partial charge < -0.3 is 14.0 Å². The Bertz CT molecular complexity index is 785. The molecular weight excluding hydrogens is 455 g/mol. The molecule has 0 atom stereocenters. The summed E-state index contributed by atoms with van der Waals surface area (Å²) in [5.41, 5.74) is 1.96.